The van der Waals surface area contributed by atoms with Crippen LogP contribution in [0.5, 0.6) is 0 Å². The molecule has 0 spiro atoms. The van der Waals surface area contributed by atoms with Crippen LogP contribution in [0.3, 0.4) is 0 Å². The second kappa shape index (κ2) is 3.85. The van der Waals surface area contributed by atoms with Gasteiger partial charge in [-0.2, -0.15) is 8.42 Å². The van der Waals surface area contributed by atoms with Crippen LogP contribution < -0.4 is 0 Å². The zero-order valence-electron chi connectivity index (χ0n) is 6.72. The highest BCUT2D eigenvalue weighted by Gasteiger charge is 2.16. The zero-order valence-corrected chi connectivity index (χ0v) is 7.54. The van der Waals surface area contributed by atoms with Gasteiger partial charge in [0.05, 0.1) is 6.10 Å². The smallest absolute Gasteiger partial charge is 0.305 e. The Hall–Kier alpha value is -0.940. The number of benzene rings is 1. The van der Waals surface area contributed by atoms with Gasteiger partial charge in [0, 0.05) is 0 Å². The molecular weight excluding hydrogens is 195 g/mol. The first-order chi connectivity index (χ1) is 5.99. The maximum atomic E-state index is 12.1. The van der Waals surface area contributed by atoms with E-state index in [0.29, 0.717) is 5.56 Å². The first-order valence-corrected chi connectivity index (χ1v) is 5.19. The molecule has 1 aromatic rings. The normalized spacial score (nSPS) is 14.0. The van der Waals surface area contributed by atoms with Gasteiger partial charge in [0.25, 0.3) is 0 Å². The number of hydrogen-bond acceptors (Lipinski definition) is 3. The Morgan fingerprint density at radius 2 is 1.85 bits per heavy atom. The van der Waals surface area contributed by atoms with Crippen molar-refractivity contribution in [1.29, 1.82) is 0 Å². The number of aliphatic hydroxyl groups is 1. The van der Waals surface area contributed by atoms with Crippen LogP contribution in [0.1, 0.15) is 11.7 Å². The van der Waals surface area contributed by atoms with Gasteiger partial charge in [0.15, 0.2) is 0 Å². The Bertz CT molecular complexity index is 360. The van der Waals surface area contributed by atoms with E-state index in [-0.39, 0.29) is 0 Å². The molecule has 0 aromatic heterocycles. The lowest BCUT2D eigenvalue weighted by molar-refractivity contribution is 0.200. The third-order valence-corrected chi connectivity index (χ3v) is 2.26. The van der Waals surface area contributed by atoms with Gasteiger partial charge in [0.1, 0.15) is 5.75 Å². The summed E-state index contributed by atoms with van der Waals surface area (Å²) in [6, 6.07) is 8.08. The predicted octanol–water partition coefficient (Wildman–Crippen LogP) is 1.02. The average Bonchev–Trinajstić information content (AvgIpc) is 2.03. The van der Waals surface area contributed by atoms with Crippen LogP contribution in [0.25, 0.3) is 0 Å². The highest BCUT2D eigenvalue weighted by molar-refractivity contribution is 7.86. The van der Waals surface area contributed by atoms with E-state index in [0.717, 1.165) is 0 Å². The molecular formula is C8H9FO3S. The number of halogens is 1. The van der Waals surface area contributed by atoms with E-state index in [9.17, 15) is 17.4 Å². The van der Waals surface area contributed by atoms with Gasteiger partial charge in [-0.25, -0.2) is 0 Å². The van der Waals surface area contributed by atoms with E-state index in [4.69, 9.17) is 0 Å². The topological polar surface area (TPSA) is 54.4 Å². The van der Waals surface area contributed by atoms with E-state index < -0.39 is 22.1 Å². The van der Waals surface area contributed by atoms with Gasteiger partial charge in [-0.05, 0) is 5.56 Å². The summed E-state index contributed by atoms with van der Waals surface area (Å²) in [5.41, 5.74) is 0.392. The molecule has 0 aliphatic carbocycles. The molecule has 0 saturated heterocycles. The number of rotatable bonds is 3. The molecule has 0 radical (unpaired) electrons. The summed E-state index contributed by atoms with van der Waals surface area (Å²) in [5.74, 6) is -0.892. The average molecular weight is 204 g/mol. The lowest BCUT2D eigenvalue weighted by Gasteiger charge is -2.06. The minimum absolute atomic E-state index is 0.392. The van der Waals surface area contributed by atoms with Crippen molar-refractivity contribution >= 4 is 10.2 Å². The quantitative estimate of drug-likeness (QED) is 0.748. The fraction of sp³-hybridized carbons (Fsp3) is 0.250. The molecule has 0 heterocycles. The van der Waals surface area contributed by atoms with Crippen molar-refractivity contribution in [3.63, 3.8) is 0 Å². The monoisotopic (exact) mass is 204 g/mol. The van der Waals surface area contributed by atoms with Gasteiger partial charge in [-0.3, -0.25) is 0 Å². The lowest BCUT2D eigenvalue weighted by atomic mass is 10.1. The van der Waals surface area contributed by atoms with E-state index in [2.05, 4.69) is 0 Å². The molecule has 5 heteroatoms. The lowest BCUT2D eigenvalue weighted by Crippen LogP contribution is -2.09. The van der Waals surface area contributed by atoms with Crippen molar-refractivity contribution in [2.24, 2.45) is 0 Å². The van der Waals surface area contributed by atoms with Crippen LogP contribution in [0.15, 0.2) is 30.3 Å². The largest absolute Gasteiger partial charge is 0.387 e. The van der Waals surface area contributed by atoms with Gasteiger partial charge < -0.3 is 5.11 Å². The van der Waals surface area contributed by atoms with E-state index in [1.807, 2.05) is 0 Å². The fourth-order valence-electron chi connectivity index (χ4n) is 0.960. The van der Waals surface area contributed by atoms with Crippen molar-refractivity contribution in [3.05, 3.63) is 35.9 Å². The van der Waals surface area contributed by atoms with Crippen molar-refractivity contribution < 1.29 is 17.4 Å². The third-order valence-electron chi connectivity index (χ3n) is 1.54. The Morgan fingerprint density at radius 3 is 2.31 bits per heavy atom. The molecule has 1 N–H and O–H groups in total. The van der Waals surface area contributed by atoms with Crippen molar-refractivity contribution in [3.8, 4) is 0 Å². The summed E-state index contributed by atoms with van der Waals surface area (Å²) in [7, 11) is -4.62. The molecule has 13 heavy (non-hydrogen) atoms. The first-order valence-electron chi connectivity index (χ1n) is 3.64. The molecule has 0 bridgehead atoms. The third kappa shape index (κ3) is 3.52. The van der Waals surface area contributed by atoms with Crippen LogP contribution in [0.4, 0.5) is 3.89 Å². The summed E-state index contributed by atoms with van der Waals surface area (Å²) in [5, 5.41) is 9.24. The Labute approximate surface area is 76.0 Å². The zero-order chi connectivity index (χ0) is 9.90. The molecule has 0 aliphatic rings. The van der Waals surface area contributed by atoms with Crippen LogP contribution in [0.2, 0.25) is 0 Å². The maximum absolute atomic E-state index is 12.1. The standard InChI is InChI=1S/C8H9FO3S/c9-13(11,12)6-8(10)7-4-2-1-3-5-7/h1-5,8,10H,6H2. The molecule has 1 rings (SSSR count). The highest BCUT2D eigenvalue weighted by atomic mass is 32.3. The van der Waals surface area contributed by atoms with E-state index in [1.54, 1.807) is 18.2 Å². The minimum Gasteiger partial charge on any atom is -0.387 e. The van der Waals surface area contributed by atoms with Gasteiger partial charge >= 0.3 is 10.2 Å². The van der Waals surface area contributed by atoms with Crippen LogP contribution in [0, 0.1) is 0 Å². The van der Waals surface area contributed by atoms with Crippen molar-refractivity contribution in [2.45, 2.75) is 6.10 Å². The minimum atomic E-state index is -4.62. The Balaban J connectivity index is 2.76. The van der Waals surface area contributed by atoms with Crippen LogP contribution in [-0.2, 0) is 10.2 Å². The highest BCUT2D eigenvalue weighted by Crippen LogP contribution is 2.14. The molecule has 3 nitrogen and oxygen atoms in total. The Morgan fingerprint density at radius 1 is 1.31 bits per heavy atom. The molecule has 0 fully saturated rings. The van der Waals surface area contributed by atoms with Gasteiger partial charge in [-0.1, -0.05) is 30.3 Å². The van der Waals surface area contributed by atoms with Gasteiger partial charge in [0.2, 0.25) is 0 Å². The molecule has 0 aliphatic heterocycles. The van der Waals surface area contributed by atoms with Crippen LogP contribution in [-0.4, -0.2) is 19.3 Å². The summed E-state index contributed by atoms with van der Waals surface area (Å²) in [6.45, 7) is 0. The SMILES string of the molecule is O=S(=O)(F)CC(O)c1ccccc1. The summed E-state index contributed by atoms with van der Waals surface area (Å²) < 4.78 is 32.5. The second-order valence-corrected chi connectivity index (χ2v) is 4.04. The molecule has 0 amide bonds. The molecule has 1 unspecified atom stereocenters. The number of hydrogen-bond donors (Lipinski definition) is 1. The molecule has 1 atom stereocenters. The summed E-state index contributed by atoms with van der Waals surface area (Å²) in [6.07, 6.45) is -1.30. The van der Waals surface area contributed by atoms with E-state index >= 15 is 0 Å². The summed E-state index contributed by atoms with van der Waals surface area (Å²) >= 11 is 0. The number of aliphatic hydroxyl groups excluding tert-OH is 1. The molecule has 1 aromatic carbocycles. The fourth-order valence-corrected chi connectivity index (χ4v) is 1.53. The van der Waals surface area contributed by atoms with Crippen molar-refractivity contribution in [2.75, 3.05) is 5.75 Å². The molecule has 0 saturated carbocycles. The van der Waals surface area contributed by atoms with Gasteiger partial charge in [-0.15, -0.1) is 3.89 Å². The summed E-state index contributed by atoms with van der Waals surface area (Å²) in [4.78, 5) is 0. The van der Waals surface area contributed by atoms with Crippen molar-refractivity contribution in [1.82, 2.24) is 0 Å². The Kier molecular flexibility index (Phi) is 3.00. The van der Waals surface area contributed by atoms with E-state index in [1.165, 1.54) is 12.1 Å². The first kappa shape index (κ1) is 10.1. The second-order valence-electron chi connectivity index (χ2n) is 2.63. The predicted molar refractivity (Wildman–Crippen MR) is 46.3 cm³/mol. The molecule has 72 valence electrons. The maximum Gasteiger partial charge on any atom is 0.305 e. The van der Waals surface area contributed by atoms with Crippen LogP contribution >= 0.6 is 0 Å².